The number of thiophene rings is 1. The molecular formula is C14H24N2O2S2. The average molecular weight is 316 g/mol. The molecule has 0 radical (unpaired) electrons. The summed E-state index contributed by atoms with van der Waals surface area (Å²) in [5.41, 5.74) is 1.02. The zero-order valence-corrected chi connectivity index (χ0v) is 13.8. The van der Waals surface area contributed by atoms with Crippen molar-refractivity contribution in [1.82, 2.24) is 10.0 Å². The average Bonchev–Trinajstić information content (AvgIpc) is 2.88. The van der Waals surface area contributed by atoms with Gasteiger partial charge in [-0.25, -0.2) is 13.1 Å². The molecule has 2 N–H and O–H groups in total. The molecule has 0 unspecified atom stereocenters. The van der Waals surface area contributed by atoms with Gasteiger partial charge in [-0.3, -0.25) is 0 Å². The first-order chi connectivity index (χ1) is 9.51. The molecule has 0 spiro atoms. The summed E-state index contributed by atoms with van der Waals surface area (Å²) in [5, 5.41) is 4.92. The van der Waals surface area contributed by atoms with Crippen molar-refractivity contribution in [2.24, 2.45) is 11.8 Å². The molecule has 0 saturated heterocycles. The smallest absolute Gasteiger partial charge is 0.250 e. The minimum atomic E-state index is -3.33. The van der Waals surface area contributed by atoms with E-state index in [2.05, 4.69) is 17.0 Å². The van der Waals surface area contributed by atoms with Crippen LogP contribution in [0.3, 0.4) is 0 Å². The Bertz CT molecular complexity index is 517. The molecular weight excluding hydrogens is 292 g/mol. The van der Waals surface area contributed by atoms with Gasteiger partial charge >= 0.3 is 0 Å². The van der Waals surface area contributed by atoms with Crippen LogP contribution in [0.25, 0.3) is 0 Å². The first-order valence-electron chi connectivity index (χ1n) is 7.23. The first-order valence-corrected chi connectivity index (χ1v) is 9.59. The maximum atomic E-state index is 12.2. The second-order valence-corrected chi connectivity index (χ2v) is 8.69. The third kappa shape index (κ3) is 4.28. The van der Waals surface area contributed by atoms with E-state index in [1.807, 2.05) is 12.4 Å². The molecule has 0 aromatic carbocycles. The van der Waals surface area contributed by atoms with E-state index in [-0.39, 0.29) is 0 Å². The maximum Gasteiger partial charge on any atom is 0.250 e. The van der Waals surface area contributed by atoms with E-state index in [1.54, 1.807) is 6.07 Å². The molecule has 1 aliphatic carbocycles. The van der Waals surface area contributed by atoms with Gasteiger partial charge < -0.3 is 5.32 Å². The van der Waals surface area contributed by atoms with Gasteiger partial charge in [0.25, 0.3) is 0 Å². The van der Waals surface area contributed by atoms with Gasteiger partial charge in [0.15, 0.2) is 0 Å². The second-order valence-electron chi connectivity index (χ2n) is 5.78. The number of hydrogen-bond donors (Lipinski definition) is 2. The van der Waals surface area contributed by atoms with Gasteiger partial charge in [0.1, 0.15) is 4.21 Å². The lowest BCUT2D eigenvalue weighted by atomic mass is 9.83. The second kappa shape index (κ2) is 7.02. The van der Waals surface area contributed by atoms with Gasteiger partial charge in [0.05, 0.1) is 0 Å². The van der Waals surface area contributed by atoms with Crippen molar-refractivity contribution < 1.29 is 8.42 Å². The van der Waals surface area contributed by atoms with Crippen LogP contribution in [-0.4, -0.2) is 22.0 Å². The Morgan fingerprint density at radius 1 is 1.30 bits per heavy atom. The lowest BCUT2D eigenvalue weighted by Crippen LogP contribution is -2.30. The lowest BCUT2D eigenvalue weighted by Gasteiger charge is -2.26. The Morgan fingerprint density at radius 3 is 2.65 bits per heavy atom. The van der Waals surface area contributed by atoms with Crippen LogP contribution in [0.15, 0.2) is 15.7 Å². The Morgan fingerprint density at radius 2 is 2.00 bits per heavy atom. The van der Waals surface area contributed by atoms with E-state index in [4.69, 9.17) is 0 Å². The van der Waals surface area contributed by atoms with Crippen LogP contribution in [0.4, 0.5) is 0 Å². The Balaban J connectivity index is 1.90. The molecule has 1 aliphatic rings. The third-order valence-electron chi connectivity index (χ3n) is 3.97. The highest BCUT2D eigenvalue weighted by molar-refractivity contribution is 7.91. The van der Waals surface area contributed by atoms with Crippen LogP contribution >= 0.6 is 11.3 Å². The predicted molar refractivity (Wildman–Crippen MR) is 83.4 cm³/mol. The zero-order valence-electron chi connectivity index (χ0n) is 12.2. The highest BCUT2D eigenvalue weighted by Crippen LogP contribution is 2.28. The minimum Gasteiger partial charge on any atom is -0.316 e. The summed E-state index contributed by atoms with van der Waals surface area (Å²) in [6.45, 7) is 3.55. The van der Waals surface area contributed by atoms with Crippen LogP contribution in [0.5, 0.6) is 0 Å². The molecule has 1 aromatic heterocycles. The molecule has 1 fully saturated rings. The zero-order chi connectivity index (χ0) is 14.6. The van der Waals surface area contributed by atoms with E-state index < -0.39 is 10.0 Å². The molecule has 0 atom stereocenters. The van der Waals surface area contributed by atoms with Crippen LogP contribution in [0.2, 0.25) is 0 Å². The van der Waals surface area contributed by atoms with Gasteiger partial charge in [0.2, 0.25) is 10.0 Å². The molecule has 1 aromatic rings. The van der Waals surface area contributed by atoms with Gasteiger partial charge in [-0.15, -0.1) is 11.3 Å². The largest absolute Gasteiger partial charge is 0.316 e. The lowest BCUT2D eigenvalue weighted by molar-refractivity contribution is 0.290. The van der Waals surface area contributed by atoms with Gasteiger partial charge in [-0.05, 0) is 48.7 Å². The molecule has 2 rings (SSSR count). The summed E-state index contributed by atoms with van der Waals surface area (Å²) in [6, 6.07) is 1.76. The van der Waals surface area contributed by atoms with E-state index in [0.29, 0.717) is 23.2 Å². The van der Waals surface area contributed by atoms with Crippen LogP contribution in [0, 0.1) is 11.8 Å². The summed E-state index contributed by atoms with van der Waals surface area (Å²) < 4.78 is 27.7. The van der Waals surface area contributed by atoms with Crippen molar-refractivity contribution in [2.45, 2.75) is 43.4 Å². The molecule has 0 aliphatic heterocycles. The monoisotopic (exact) mass is 316 g/mol. The fraction of sp³-hybridized carbons (Fsp3) is 0.714. The van der Waals surface area contributed by atoms with Crippen molar-refractivity contribution in [3.8, 4) is 0 Å². The van der Waals surface area contributed by atoms with Crippen molar-refractivity contribution >= 4 is 21.4 Å². The summed E-state index contributed by atoms with van der Waals surface area (Å²) in [7, 11) is -1.47. The first kappa shape index (κ1) is 15.9. The fourth-order valence-corrected chi connectivity index (χ4v) is 4.99. The molecule has 0 bridgehead atoms. The molecule has 114 valence electrons. The van der Waals surface area contributed by atoms with Crippen molar-refractivity contribution in [1.29, 1.82) is 0 Å². The van der Waals surface area contributed by atoms with Crippen molar-refractivity contribution in [2.75, 3.05) is 13.6 Å². The predicted octanol–water partition coefficient (Wildman–Crippen LogP) is 2.57. The summed E-state index contributed by atoms with van der Waals surface area (Å²) in [6.07, 6.45) is 4.72. The Kier molecular flexibility index (Phi) is 5.60. The summed E-state index contributed by atoms with van der Waals surface area (Å²) in [5.74, 6) is 1.29. The van der Waals surface area contributed by atoms with Crippen LogP contribution in [-0.2, 0) is 16.6 Å². The minimum absolute atomic E-state index is 0.423. The molecule has 6 heteroatoms. The third-order valence-corrected chi connectivity index (χ3v) is 6.88. The summed E-state index contributed by atoms with van der Waals surface area (Å²) >= 11 is 1.29. The number of rotatable bonds is 6. The van der Waals surface area contributed by atoms with E-state index >= 15 is 0 Å². The molecule has 1 heterocycles. The normalized spacial score (nSPS) is 23.9. The highest BCUT2D eigenvalue weighted by Gasteiger charge is 2.22. The maximum absolute atomic E-state index is 12.2. The highest BCUT2D eigenvalue weighted by atomic mass is 32.2. The van der Waals surface area contributed by atoms with Crippen LogP contribution < -0.4 is 10.0 Å². The fourth-order valence-electron chi connectivity index (χ4n) is 2.62. The van der Waals surface area contributed by atoms with Crippen LogP contribution in [0.1, 0.15) is 38.2 Å². The quantitative estimate of drug-likeness (QED) is 0.848. The van der Waals surface area contributed by atoms with E-state index in [1.165, 1.54) is 24.2 Å². The topological polar surface area (TPSA) is 58.2 Å². The van der Waals surface area contributed by atoms with Crippen molar-refractivity contribution in [3.63, 3.8) is 0 Å². The standard InChI is InChI=1S/C14H24N2O2S2/c1-11-3-5-12(6-4-11)9-16-20(17,18)14-7-13(8-15-2)10-19-14/h7,10-12,15-16H,3-6,8-9H2,1-2H3. The Hall–Kier alpha value is -0.430. The van der Waals surface area contributed by atoms with Gasteiger partial charge in [-0.1, -0.05) is 19.8 Å². The number of nitrogens with one attached hydrogen (secondary N) is 2. The Labute approximate surface area is 126 Å². The molecule has 1 saturated carbocycles. The summed E-state index contributed by atoms with van der Waals surface area (Å²) in [4.78, 5) is 0. The molecule has 0 amide bonds. The van der Waals surface area contributed by atoms with E-state index in [0.717, 1.165) is 24.3 Å². The number of sulfonamides is 1. The molecule has 4 nitrogen and oxygen atoms in total. The number of hydrogen-bond acceptors (Lipinski definition) is 4. The molecule has 20 heavy (non-hydrogen) atoms. The van der Waals surface area contributed by atoms with Crippen molar-refractivity contribution in [3.05, 3.63) is 17.0 Å². The van der Waals surface area contributed by atoms with Gasteiger partial charge in [-0.2, -0.15) is 0 Å². The van der Waals surface area contributed by atoms with Gasteiger partial charge in [0, 0.05) is 13.1 Å². The SMILES string of the molecule is CNCc1csc(S(=O)(=O)NCC2CCC(C)CC2)c1. The van der Waals surface area contributed by atoms with E-state index in [9.17, 15) is 8.42 Å².